The van der Waals surface area contributed by atoms with Crippen LogP contribution >= 0.6 is 0 Å². The van der Waals surface area contributed by atoms with Gasteiger partial charge in [-0.15, -0.1) is 0 Å². The molecule has 2 unspecified atom stereocenters. The zero-order chi connectivity index (χ0) is 22.1. The number of hydrogen-bond acceptors (Lipinski definition) is 2. The largest absolute Gasteiger partial charge is 0.478 e. The summed E-state index contributed by atoms with van der Waals surface area (Å²) >= 11 is 0. The van der Waals surface area contributed by atoms with Gasteiger partial charge in [0.25, 0.3) is 0 Å². The molecule has 1 aliphatic rings. The third-order valence-electron chi connectivity index (χ3n) is 6.42. The number of furan rings is 1. The monoisotopic (exact) mass is 408 g/mol. The summed E-state index contributed by atoms with van der Waals surface area (Å²) in [7, 11) is 0. The van der Waals surface area contributed by atoms with E-state index in [9.17, 15) is 4.79 Å². The van der Waals surface area contributed by atoms with Crippen LogP contribution < -0.4 is 0 Å². The van der Waals surface area contributed by atoms with Crippen LogP contribution in [0, 0.1) is 5.92 Å². The predicted molar refractivity (Wildman–Crippen MR) is 124 cm³/mol. The normalized spacial score (nSPS) is 22.2. The van der Waals surface area contributed by atoms with Crippen LogP contribution in [0.4, 0.5) is 0 Å². The van der Waals surface area contributed by atoms with E-state index in [2.05, 4.69) is 58.9 Å². The third kappa shape index (κ3) is 4.71. The number of carbonyl (C=O) groups is 1. The molecule has 1 aliphatic carbocycles. The summed E-state index contributed by atoms with van der Waals surface area (Å²) in [4.78, 5) is 10.8. The van der Waals surface area contributed by atoms with Crippen LogP contribution in [0.2, 0.25) is 0 Å². The predicted octanol–water partition coefficient (Wildman–Crippen LogP) is 7.33. The molecule has 3 heteroatoms. The van der Waals surface area contributed by atoms with Gasteiger partial charge in [-0.2, -0.15) is 0 Å². The van der Waals surface area contributed by atoms with E-state index >= 15 is 0 Å². The van der Waals surface area contributed by atoms with Crippen molar-refractivity contribution in [1.82, 2.24) is 0 Å². The van der Waals surface area contributed by atoms with E-state index in [0.29, 0.717) is 5.92 Å². The molecule has 0 aliphatic heterocycles. The minimum atomic E-state index is -0.898. The Morgan fingerprint density at radius 1 is 1.30 bits per heavy atom. The number of carboxylic acid groups (broad SMARTS) is 1. The molecule has 0 amide bonds. The lowest BCUT2D eigenvalue weighted by Gasteiger charge is -2.20. The lowest BCUT2D eigenvalue weighted by atomic mass is 9.83. The first-order chi connectivity index (χ1) is 14.1. The Bertz CT molecular complexity index is 983. The van der Waals surface area contributed by atoms with Gasteiger partial charge in [0, 0.05) is 23.4 Å². The molecule has 1 aromatic heterocycles. The molecule has 30 heavy (non-hydrogen) atoms. The zero-order valence-electron chi connectivity index (χ0n) is 19.3. The molecule has 1 saturated carbocycles. The molecule has 1 fully saturated rings. The van der Waals surface area contributed by atoms with Crippen LogP contribution in [0.3, 0.4) is 0 Å². The Morgan fingerprint density at radius 2 is 2.03 bits per heavy atom. The van der Waals surface area contributed by atoms with Crippen molar-refractivity contribution in [1.29, 1.82) is 0 Å². The van der Waals surface area contributed by atoms with Gasteiger partial charge >= 0.3 is 5.97 Å². The fourth-order valence-electron chi connectivity index (χ4n) is 4.56. The molecular weight excluding hydrogens is 372 g/mol. The summed E-state index contributed by atoms with van der Waals surface area (Å²) in [5.74, 6) is 0.682. The van der Waals surface area contributed by atoms with Crippen molar-refractivity contribution in [2.45, 2.75) is 84.5 Å². The van der Waals surface area contributed by atoms with Crippen LogP contribution in [-0.4, -0.2) is 11.1 Å². The van der Waals surface area contributed by atoms with Gasteiger partial charge in [0.1, 0.15) is 11.3 Å². The number of allylic oxidation sites excluding steroid dienone is 3. The van der Waals surface area contributed by atoms with Crippen molar-refractivity contribution in [3.63, 3.8) is 0 Å². The molecule has 0 bridgehead atoms. The van der Waals surface area contributed by atoms with Crippen molar-refractivity contribution in [3.8, 4) is 0 Å². The summed E-state index contributed by atoms with van der Waals surface area (Å²) in [6.45, 7) is 13.2. The standard InChI is InChI=1S/C27H36O3/c1-7-8-9-10-23-25(26(3,4)5)21-16-19(13-14-22(21)30-23)27(6)17-20(27)12-11-18(2)15-24(28)29/h11-16,20H,7-10,17H2,1-6H3,(H,28,29)/b12-11+,18-15+. The molecule has 2 atom stereocenters. The topological polar surface area (TPSA) is 50.4 Å². The van der Waals surface area contributed by atoms with E-state index in [1.807, 2.05) is 13.0 Å². The molecule has 0 radical (unpaired) electrons. The van der Waals surface area contributed by atoms with Gasteiger partial charge in [0.2, 0.25) is 0 Å². The van der Waals surface area contributed by atoms with Crippen molar-refractivity contribution in [2.75, 3.05) is 0 Å². The number of unbranched alkanes of at least 4 members (excludes halogenated alkanes) is 2. The Balaban J connectivity index is 1.91. The highest BCUT2D eigenvalue weighted by molar-refractivity contribution is 5.85. The van der Waals surface area contributed by atoms with Crippen molar-refractivity contribution < 1.29 is 14.3 Å². The summed E-state index contributed by atoms with van der Waals surface area (Å²) in [6, 6.07) is 6.70. The Morgan fingerprint density at radius 3 is 2.67 bits per heavy atom. The molecule has 3 nitrogen and oxygen atoms in total. The number of aliphatic carboxylic acids is 1. The zero-order valence-corrected chi connectivity index (χ0v) is 19.3. The second-order valence-corrected chi connectivity index (χ2v) is 10.1. The second kappa shape index (κ2) is 8.45. The highest BCUT2D eigenvalue weighted by atomic mass is 16.4. The minimum Gasteiger partial charge on any atom is -0.478 e. The van der Waals surface area contributed by atoms with Gasteiger partial charge in [-0.3, -0.25) is 0 Å². The maximum absolute atomic E-state index is 10.8. The first-order valence-corrected chi connectivity index (χ1v) is 11.2. The number of benzene rings is 1. The van der Waals surface area contributed by atoms with Crippen molar-refractivity contribution in [2.24, 2.45) is 5.92 Å². The highest BCUT2D eigenvalue weighted by Crippen LogP contribution is 2.55. The van der Waals surface area contributed by atoms with E-state index in [4.69, 9.17) is 9.52 Å². The molecule has 1 aromatic carbocycles. The number of aryl methyl sites for hydroxylation is 1. The van der Waals surface area contributed by atoms with Crippen LogP contribution in [0.25, 0.3) is 11.0 Å². The maximum Gasteiger partial charge on any atom is 0.328 e. The van der Waals surface area contributed by atoms with Gasteiger partial charge in [0.15, 0.2) is 0 Å². The minimum absolute atomic E-state index is 0.0356. The average molecular weight is 409 g/mol. The van der Waals surface area contributed by atoms with Crippen LogP contribution in [-0.2, 0) is 22.0 Å². The summed E-state index contributed by atoms with van der Waals surface area (Å²) in [5, 5.41) is 10.1. The molecule has 162 valence electrons. The Hall–Kier alpha value is -2.29. The van der Waals surface area contributed by atoms with Gasteiger partial charge in [-0.1, -0.05) is 65.7 Å². The lowest BCUT2D eigenvalue weighted by Crippen LogP contribution is -2.13. The summed E-state index contributed by atoms with van der Waals surface area (Å²) in [6.07, 6.45) is 11.0. The number of hydrogen-bond donors (Lipinski definition) is 1. The fraction of sp³-hybridized carbons (Fsp3) is 0.519. The SMILES string of the molecule is CCCCCc1oc2ccc(C3(C)CC3/C=C/C(C)=C/C(=O)O)cc2c1C(C)(C)C. The van der Waals surface area contributed by atoms with E-state index in [1.165, 1.54) is 41.9 Å². The van der Waals surface area contributed by atoms with E-state index in [0.717, 1.165) is 29.8 Å². The number of rotatable bonds is 8. The molecule has 1 heterocycles. The molecule has 0 saturated heterocycles. The molecule has 1 N–H and O–H groups in total. The van der Waals surface area contributed by atoms with Crippen molar-refractivity contribution >= 4 is 16.9 Å². The van der Waals surface area contributed by atoms with Gasteiger partial charge in [-0.05, 0) is 59.8 Å². The number of fused-ring (bicyclic) bond motifs is 1. The molecule has 3 rings (SSSR count). The molecule has 2 aromatic rings. The molecular formula is C27H36O3. The van der Waals surface area contributed by atoms with E-state index in [1.54, 1.807) is 0 Å². The first kappa shape index (κ1) is 22.4. The maximum atomic E-state index is 10.8. The van der Waals surface area contributed by atoms with Gasteiger partial charge < -0.3 is 9.52 Å². The van der Waals surface area contributed by atoms with Crippen LogP contribution in [0.1, 0.15) is 84.1 Å². The van der Waals surface area contributed by atoms with Crippen LogP contribution in [0.15, 0.2) is 46.4 Å². The van der Waals surface area contributed by atoms with Crippen molar-refractivity contribution in [3.05, 3.63) is 58.9 Å². The van der Waals surface area contributed by atoms with Gasteiger partial charge in [-0.25, -0.2) is 4.79 Å². The Kier molecular flexibility index (Phi) is 6.31. The van der Waals surface area contributed by atoms with Crippen LogP contribution in [0.5, 0.6) is 0 Å². The van der Waals surface area contributed by atoms with E-state index in [-0.39, 0.29) is 10.8 Å². The smallest absolute Gasteiger partial charge is 0.328 e. The third-order valence-corrected chi connectivity index (χ3v) is 6.42. The number of carboxylic acids is 1. The first-order valence-electron chi connectivity index (χ1n) is 11.2. The summed E-state index contributed by atoms with van der Waals surface area (Å²) < 4.78 is 6.33. The Labute approximate surface area is 180 Å². The second-order valence-electron chi connectivity index (χ2n) is 10.1. The summed E-state index contributed by atoms with van der Waals surface area (Å²) in [5.41, 5.74) is 4.60. The van der Waals surface area contributed by atoms with Gasteiger partial charge in [0.05, 0.1) is 0 Å². The average Bonchev–Trinajstić information content (AvgIpc) is 3.15. The fourth-order valence-corrected chi connectivity index (χ4v) is 4.56. The lowest BCUT2D eigenvalue weighted by molar-refractivity contribution is -0.131. The highest BCUT2D eigenvalue weighted by Gasteiger charge is 2.49. The quantitative estimate of drug-likeness (QED) is 0.283. The van der Waals surface area contributed by atoms with E-state index < -0.39 is 5.97 Å². The molecule has 0 spiro atoms.